The van der Waals surface area contributed by atoms with Crippen LogP contribution in [-0.2, 0) is 4.79 Å². The number of rotatable bonds is 18. The van der Waals surface area contributed by atoms with Crippen molar-refractivity contribution in [3.63, 3.8) is 0 Å². The number of carbonyl (C=O) groups is 1. The molecule has 3 unspecified atom stereocenters. The molecule has 25 heavy (non-hydrogen) atoms. The minimum atomic E-state index is -1.42. The van der Waals surface area contributed by atoms with Gasteiger partial charge in [-0.1, -0.05) is 90.4 Å². The van der Waals surface area contributed by atoms with E-state index in [1.54, 1.807) is 0 Å². The molecule has 0 fully saturated rings. The topological polar surface area (TPSA) is 104 Å². The minimum Gasteiger partial charge on any atom is -0.392 e. The number of aliphatic hydroxyl groups excluding tert-OH is 3. The summed E-state index contributed by atoms with van der Waals surface area (Å²) in [4.78, 5) is 11.5. The van der Waals surface area contributed by atoms with Crippen molar-refractivity contribution in [2.24, 2.45) is 11.7 Å². The van der Waals surface area contributed by atoms with Crippen molar-refractivity contribution in [1.29, 1.82) is 0 Å². The van der Waals surface area contributed by atoms with Gasteiger partial charge in [-0.2, -0.15) is 0 Å². The first kappa shape index (κ1) is 24.5. The third-order valence-corrected chi connectivity index (χ3v) is 4.91. The maximum absolute atomic E-state index is 11.5. The molecule has 5 N–H and O–H groups in total. The van der Waals surface area contributed by atoms with E-state index in [0.29, 0.717) is 6.42 Å². The Labute approximate surface area is 154 Å². The second-order valence-corrected chi connectivity index (χ2v) is 7.24. The summed E-state index contributed by atoms with van der Waals surface area (Å²) in [6.45, 7) is 1.55. The number of Topliss-reactive ketones (excluding diaryl/α,β-unsaturated/α-hetero) is 1. The fourth-order valence-electron chi connectivity index (χ4n) is 3.29. The van der Waals surface area contributed by atoms with Crippen molar-refractivity contribution in [3.05, 3.63) is 0 Å². The smallest absolute Gasteiger partial charge is 0.167 e. The van der Waals surface area contributed by atoms with Gasteiger partial charge in [0.15, 0.2) is 5.78 Å². The average molecular weight is 360 g/mol. The highest BCUT2D eigenvalue weighted by molar-refractivity contribution is 5.83. The van der Waals surface area contributed by atoms with Crippen LogP contribution in [0.15, 0.2) is 0 Å². The largest absolute Gasteiger partial charge is 0.392 e. The van der Waals surface area contributed by atoms with E-state index in [1.807, 2.05) is 0 Å². The number of ketones is 1. The van der Waals surface area contributed by atoms with Crippen LogP contribution in [0.2, 0.25) is 0 Å². The zero-order chi connectivity index (χ0) is 18.9. The molecule has 0 saturated carbocycles. The molecule has 0 bridgehead atoms. The van der Waals surface area contributed by atoms with Crippen molar-refractivity contribution < 1.29 is 20.1 Å². The van der Waals surface area contributed by atoms with Crippen molar-refractivity contribution in [2.75, 3.05) is 6.61 Å². The quantitative estimate of drug-likeness (QED) is 0.222. The number of aliphatic hydroxyl groups is 3. The molecule has 0 aliphatic heterocycles. The van der Waals surface area contributed by atoms with Crippen LogP contribution in [0.3, 0.4) is 0 Å². The third kappa shape index (κ3) is 13.4. The summed E-state index contributed by atoms with van der Waals surface area (Å²) in [5, 5.41) is 28.2. The van der Waals surface area contributed by atoms with E-state index >= 15 is 0 Å². The lowest BCUT2D eigenvalue weighted by Crippen LogP contribution is -2.44. The van der Waals surface area contributed by atoms with Gasteiger partial charge in [0.2, 0.25) is 0 Å². The van der Waals surface area contributed by atoms with Gasteiger partial charge in [0, 0.05) is 0 Å². The van der Waals surface area contributed by atoms with Crippen LogP contribution in [-0.4, -0.2) is 40.0 Å². The number of hydrogen-bond donors (Lipinski definition) is 4. The highest BCUT2D eigenvalue weighted by atomic mass is 16.3. The van der Waals surface area contributed by atoms with E-state index in [-0.39, 0.29) is 0 Å². The number of nitrogens with two attached hydrogens (primary N) is 1. The molecule has 3 atom stereocenters. The molecule has 0 radical (unpaired) electrons. The first-order valence-corrected chi connectivity index (χ1v) is 10.3. The molecule has 0 aliphatic rings. The molecular formula is C20H41NO4. The van der Waals surface area contributed by atoms with Gasteiger partial charge in [-0.25, -0.2) is 0 Å². The Morgan fingerprint density at radius 2 is 1.20 bits per heavy atom. The molecule has 0 saturated heterocycles. The van der Waals surface area contributed by atoms with Gasteiger partial charge in [-0.05, 0) is 6.42 Å². The first-order chi connectivity index (χ1) is 12.0. The second kappa shape index (κ2) is 17.0. The molecule has 0 aromatic carbocycles. The van der Waals surface area contributed by atoms with Gasteiger partial charge in [0.1, 0.15) is 12.8 Å². The zero-order valence-corrected chi connectivity index (χ0v) is 16.2. The SMILES string of the molecule is CCCCCCCCCCCCCCCC(O)C(C(=O)CO)C(N)O. The lowest BCUT2D eigenvalue weighted by atomic mass is 9.92. The third-order valence-electron chi connectivity index (χ3n) is 4.91. The molecular weight excluding hydrogens is 318 g/mol. The predicted molar refractivity (Wildman–Crippen MR) is 102 cm³/mol. The van der Waals surface area contributed by atoms with Crippen LogP contribution in [0.25, 0.3) is 0 Å². The summed E-state index contributed by atoms with van der Waals surface area (Å²) in [5.74, 6) is -1.68. The van der Waals surface area contributed by atoms with Crippen molar-refractivity contribution >= 4 is 5.78 Å². The van der Waals surface area contributed by atoms with E-state index in [0.717, 1.165) is 19.3 Å². The van der Waals surface area contributed by atoms with E-state index in [1.165, 1.54) is 64.2 Å². The van der Waals surface area contributed by atoms with Crippen LogP contribution in [0.1, 0.15) is 96.8 Å². The number of hydrogen-bond acceptors (Lipinski definition) is 5. The summed E-state index contributed by atoms with van der Waals surface area (Å²) < 4.78 is 0. The molecule has 150 valence electrons. The highest BCUT2D eigenvalue weighted by Crippen LogP contribution is 2.17. The fourth-order valence-corrected chi connectivity index (χ4v) is 3.29. The lowest BCUT2D eigenvalue weighted by Gasteiger charge is -2.23. The van der Waals surface area contributed by atoms with Crippen LogP contribution >= 0.6 is 0 Å². The molecule has 0 spiro atoms. The molecule has 0 aliphatic carbocycles. The van der Waals surface area contributed by atoms with Crippen LogP contribution in [0.4, 0.5) is 0 Å². The Balaban J connectivity index is 3.49. The summed E-state index contributed by atoms with van der Waals surface area (Å²) in [6.07, 6.45) is 14.3. The highest BCUT2D eigenvalue weighted by Gasteiger charge is 2.30. The number of unbranched alkanes of at least 4 members (excludes halogenated alkanes) is 12. The standard InChI is InChI=1S/C20H41NO4/c1-2-3-4-5-6-7-8-9-10-11-12-13-14-15-17(23)19(20(21)25)18(24)16-22/h17,19-20,22-23,25H,2-16,21H2,1H3. The van der Waals surface area contributed by atoms with Gasteiger partial charge in [0.25, 0.3) is 0 Å². The molecule has 0 heterocycles. The zero-order valence-electron chi connectivity index (χ0n) is 16.2. The molecule has 5 heteroatoms. The van der Waals surface area contributed by atoms with Crippen molar-refractivity contribution in [1.82, 2.24) is 0 Å². The Hall–Kier alpha value is -0.490. The lowest BCUT2D eigenvalue weighted by molar-refractivity contribution is -0.134. The Morgan fingerprint density at radius 3 is 1.56 bits per heavy atom. The summed E-state index contributed by atoms with van der Waals surface area (Å²) in [7, 11) is 0. The molecule has 0 aromatic heterocycles. The van der Waals surface area contributed by atoms with Gasteiger partial charge in [-0.15, -0.1) is 0 Å². The maximum atomic E-state index is 11.5. The van der Waals surface area contributed by atoms with Crippen molar-refractivity contribution in [3.8, 4) is 0 Å². The van der Waals surface area contributed by atoms with Gasteiger partial charge in [-0.3, -0.25) is 4.79 Å². The predicted octanol–water partition coefficient (Wildman–Crippen LogP) is 3.28. The summed E-state index contributed by atoms with van der Waals surface area (Å²) in [6, 6.07) is 0. The van der Waals surface area contributed by atoms with Crippen LogP contribution in [0, 0.1) is 5.92 Å². The summed E-state index contributed by atoms with van der Waals surface area (Å²) >= 11 is 0. The van der Waals surface area contributed by atoms with E-state index in [4.69, 9.17) is 10.8 Å². The van der Waals surface area contributed by atoms with Gasteiger partial charge >= 0.3 is 0 Å². The maximum Gasteiger partial charge on any atom is 0.167 e. The van der Waals surface area contributed by atoms with Crippen molar-refractivity contribution in [2.45, 2.75) is 109 Å². The average Bonchev–Trinajstić information content (AvgIpc) is 2.58. The Bertz CT molecular complexity index is 310. The van der Waals surface area contributed by atoms with Crippen LogP contribution < -0.4 is 5.73 Å². The fraction of sp³-hybridized carbons (Fsp3) is 0.950. The van der Waals surface area contributed by atoms with Gasteiger partial charge in [0.05, 0.1) is 12.0 Å². The Morgan fingerprint density at radius 1 is 0.800 bits per heavy atom. The summed E-state index contributed by atoms with van der Waals surface area (Å²) in [5.41, 5.74) is 5.32. The molecule has 0 amide bonds. The normalized spacial score (nSPS) is 15.1. The second-order valence-electron chi connectivity index (χ2n) is 7.24. The van der Waals surface area contributed by atoms with E-state index in [9.17, 15) is 15.0 Å². The first-order valence-electron chi connectivity index (χ1n) is 10.3. The monoisotopic (exact) mass is 359 g/mol. The molecule has 5 nitrogen and oxygen atoms in total. The minimum absolute atomic E-state index is 0.433. The van der Waals surface area contributed by atoms with E-state index < -0.39 is 30.6 Å². The number of carbonyl (C=O) groups excluding carboxylic acids is 1. The molecule has 0 aromatic rings. The van der Waals surface area contributed by atoms with Gasteiger partial charge < -0.3 is 21.1 Å². The Kier molecular flexibility index (Phi) is 16.6. The van der Waals surface area contributed by atoms with E-state index in [2.05, 4.69) is 6.92 Å². The van der Waals surface area contributed by atoms with Crippen LogP contribution in [0.5, 0.6) is 0 Å². The molecule has 0 rings (SSSR count).